The van der Waals surface area contributed by atoms with Crippen LogP contribution in [-0.2, 0) is 11.4 Å². The fraction of sp³-hybridized carbons (Fsp3) is 0.261. The summed E-state index contributed by atoms with van der Waals surface area (Å²) >= 11 is 1.26. The van der Waals surface area contributed by atoms with Gasteiger partial charge in [-0.1, -0.05) is 0 Å². The highest BCUT2D eigenvalue weighted by atomic mass is 32.1. The molecule has 160 valence electrons. The molecule has 2 amide bonds. The van der Waals surface area contributed by atoms with E-state index in [4.69, 9.17) is 4.74 Å². The number of thiazole rings is 1. The first-order valence-electron chi connectivity index (χ1n) is 9.98. The van der Waals surface area contributed by atoms with Crippen molar-refractivity contribution < 1.29 is 18.7 Å². The quantitative estimate of drug-likeness (QED) is 0.596. The number of anilines is 2. The zero-order chi connectivity index (χ0) is 22.0. The Morgan fingerprint density at radius 3 is 2.68 bits per heavy atom. The Morgan fingerprint density at radius 1 is 1.23 bits per heavy atom. The van der Waals surface area contributed by atoms with Gasteiger partial charge in [-0.3, -0.25) is 9.59 Å². The van der Waals surface area contributed by atoms with E-state index in [2.05, 4.69) is 10.3 Å². The van der Waals surface area contributed by atoms with E-state index >= 15 is 0 Å². The Kier molecular flexibility index (Phi) is 5.99. The zero-order valence-electron chi connectivity index (χ0n) is 17.3. The third kappa shape index (κ3) is 4.74. The molecule has 31 heavy (non-hydrogen) atoms. The number of carbonyl (C=O) groups excluding carboxylic acids is 2. The van der Waals surface area contributed by atoms with Crippen LogP contribution in [0.4, 0.5) is 15.8 Å². The summed E-state index contributed by atoms with van der Waals surface area (Å²) in [6, 6.07) is 11.3. The molecule has 0 atom stereocenters. The van der Waals surface area contributed by atoms with E-state index in [1.807, 2.05) is 19.1 Å². The van der Waals surface area contributed by atoms with Crippen LogP contribution in [0.25, 0.3) is 0 Å². The van der Waals surface area contributed by atoms with Crippen LogP contribution >= 0.6 is 11.3 Å². The maximum absolute atomic E-state index is 13.0. The summed E-state index contributed by atoms with van der Waals surface area (Å²) in [4.78, 5) is 31.5. The maximum Gasteiger partial charge on any atom is 0.267 e. The summed E-state index contributed by atoms with van der Waals surface area (Å²) in [5.41, 5.74) is 3.10. The van der Waals surface area contributed by atoms with Crippen molar-refractivity contribution in [1.82, 2.24) is 4.98 Å². The van der Waals surface area contributed by atoms with Crippen LogP contribution < -0.4 is 15.0 Å². The number of halogens is 1. The van der Waals surface area contributed by atoms with Crippen molar-refractivity contribution in [2.24, 2.45) is 0 Å². The van der Waals surface area contributed by atoms with Gasteiger partial charge in [0.1, 0.15) is 28.1 Å². The minimum absolute atomic E-state index is 0.135. The number of hydrogen-bond donors (Lipinski definition) is 1. The molecule has 8 heteroatoms. The molecule has 0 unspecified atom stereocenters. The monoisotopic (exact) mass is 439 g/mol. The second kappa shape index (κ2) is 8.85. The molecule has 1 aliphatic rings. The maximum atomic E-state index is 13.0. The van der Waals surface area contributed by atoms with Gasteiger partial charge >= 0.3 is 0 Å². The molecular weight excluding hydrogens is 417 g/mol. The number of ether oxygens (including phenoxy) is 1. The number of aromatic nitrogens is 1. The second-order valence-electron chi connectivity index (χ2n) is 7.37. The predicted molar refractivity (Wildman–Crippen MR) is 118 cm³/mol. The van der Waals surface area contributed by atoms with Crippen LogP contribution in [0, 0.1) is 19.7 Å². The van der Waals surface area contributed by atoms with E-state index < -0.39 is 0 Å². The van der Waals surface area contributed by atoms with Gasteiger partial charge in [-0.25, -0.2) is 9.37 Å². The van der Waals surface area contributed by atoms with E-state index in [1.165, 1.54) is 23.5 Å². The molecule has 0 aliphatic carbocycles. The van der Waals surface area contributed by atoms with Crippen molar-refractivity contribution in [3.8, 4) is 5.75 Å². The first kappa shape index (κ1) is 21.0. The Labute approximate surface area is 183 Å². The van der Waals surface area contributed by atoms with Gasteiger partial charge in [0.15, 0.2) is 0 Å². The average Bonchev–Trinajstić information content (AvgIpc) is 3.33. The van der Waals surface area contributed by atoms with Gasteiger partial charge in [0, 0.05) is 24.3 Å². The molecule has 0 bridgehead atoms. The summed E-state index contributed by atoms with van der Waals surface area (Å²) in [6.45, 7) is 4.63. The SMILES string of the molecule is Cc1cc(NC(=O)c2sc(COc3ccc(F)cc3)nc2C)ccc1N1CCCC1=O. The number of carbonyl (C=O) groups is 2. The molecule has 0 saturated carbocycles. The molecule has 1 fully saturated rings. The first-order valence-corrected chi connectivity index (χ1v) is 10.8. The third-order valence-corrected chi connectivity index (χ3v) is 6.17. The number of amides is 2. The minimum Gasteiger partial charge on any atom is -0.486 e. The molecule has 2 aromatic carbocycles. The summed E-state index contributed by atoms with van der Waals surface area (Å²) < 4.78 is 18.6. The normalized spacial score (nSPS) is 13.5. The van der Waals surface area contributed by atoms with Gasteiger partial charge in [-0.05, 0) is 68.3 Å². The fourth-order valence-corrected chi connectivity index (χ4v) is 4.40. The molecule has 1 aromatic heterocycles. The number of nitrogens with one attached hydrogen (secondary N) is 1. The van der Waals surface area contributed by atoms with Gasteiger partial charge in [0.2, 0.25) is 5.91 Å². The molecule has 6 nitrogen and oxygen atoms in total. The van der Waals surface area contributed by atoms with Crippen molar-refractivity contribution in [2.45, 2.75) is 33.3 Å². The lowest BCUT2D eigenvalue weighted by molar-refractivity contribution is -0.117. The van der Waals surface area contributed by atoms with E-state index in [0.717, 1.165) is 24.2 Å². The van der Waals surface area contributed by atoms with E-state index in [9.17, 15) is 14.0 Å². The molecule has 3 aromatic rings. The van der Waals surface area contributed by atoms with Gasteiger partial charge in [-0.15, -0.1) is 11.3 Å². The lowest BCUT2D eigenvalue weighted by Crippen LogP contribution is -2.24. The molecule has 1 saturated heterocycles. The number of hydrogen-bond acceptors (Lipinski definition) is 5. The Morgan fingerprint density at radius 2 is 2.00 bits per heavy atom. The molecule has 0 radical (unpaired) electrons. The standard InChI is InChI=1S/C23H22FN3O3S/c1-14-12-17(7-10-19(14)27-11-3-4-21(27)28)26-23(29)22-15(2)25-20(31-22)13-30-18-8-5-16(24)6-9-18/h5-10,12H,3-4,11,13H2,1-2H3,(H,26,29). The molecule has 4 rings (SSSR count). The van der Waals surface area contributed by atoms with Crippen LogP contribution in [0.5, 0.6) is 5.75 Å². The molecule has 0 spiro atoms. The minimum atomic E-state index is -0.327. The molecule has 1 aliphatic heterocycles. The van der Waals surface area contributed by atoms with E-state index in [-0.39, 0.29) is 24.2 Å². The van der Waals surface area contributed by atoms with Gasteiger partial charge in [0.05, 0.1) is 5.69 Å². The number of rotatable bonds is 6. The zero-order valence-corrected chi connectivity index (χ0v) is 18.1. The van der Waals surface area contributed by atoms with E-state index in [1.54, 1.807) is 30.0 Å². The lowest BCUT2D eigenvalue weighted by atomic mass is 10.1. The highest BCUT2D eigenvalue weighted by Gasteiger charge is 2.23. The van der Waals surface area contributed by atoms with Gasteiger partial charge in [-0.2, -0.15) is 0 Å². The third-order valence-electron chi connectivity index (χ3n) is 5.04. The van der Waals surface area contributed by atoms with Crippen molar-refractivity contribution in [3.63, 3.8) is 0 Å². The lowest BCUT2D eigenvalue weighted by Gasteiger charge is -2.19. The molecule has 1 N–H and O–H groups in total. The Bertz CT molecular complexity index is 1130. The summed E-state index contributed by atoms with van der Waals surface area (Å²) in [5, 5.41) is 3.57. The highest BCUT2D eigenvalue weighted by Crippen LogP contribution is 2.28. The Hall–Kier alpha value is -3.26. The topological polar surface area (TPSA) is 71.5 Å². The number of aryl methyl sites for hydroxylation is 2. The number of benzene rings is 2. The number of nitrogens with zero attached hydrogens (tertiary/aromatic N) is 2. The van der Waals surface area contributed by atoms with Crippen LogP contribution in [0.15, 0.2) is 42.5 Å². The molecule has 2 heterocycles. The van der Waals surface area contributed by atoms with Crippen molar-refractivity contribution in [3.05, 3.63) is 69.4 Å². The van der Waals surface area contributed by atoms with Crippen LogP contribution in [0.3, 0.4) is 0 Å². The molecular formula is C23H22FN3O3S. The van der Waals surface area contributed by atoms with Gasteiger partial charge in [0.25, 0.3) is 5.91 Å². The largest absolute Gasteiger partial charge is 0.486 e. The fourth-order valence-electron chi connectivity index (χ4n) is 3.53. The van der Waals surface area contributed by atoms with Crippen molar-refractivity contribution >= 4 is 34.5 Å². The Balaban J connectivity index is 1.42. The van der Waals surface area contributed by atoms with Crippen LogP contribution in [0.1, 0.15) is 38.8 Å². The summed E-state index contributed by atoms with van der Waals surface area (Å²) in [7, 11) is 0. The van der Waals surface area contributed by atoms with Crippen LogP contribution in [0.2, 0.25) is 0 Å². The smallest absolute Gasteiger partial charge is 0.267 e. The first-order chi connectivity index (χ1) is 14.9. The van der Waals surface area contributed by atoms with Gasteiger partial charge < -0.3 is 15.0 Å². The van der Waals surface area contributed by atoms with E-state index in [0.29, 0.717) is 33.4 Å². The predicted octanol–water partition coefficient (Wildman–Crippen LogP) is 4.86. The van der Waals surface area contributed by atoms with Crippen molar-refractivity contribution in [1.29, 1.82) is 0 Å². The summed E-state index contributed by atoms with van der Waals surface area (Å²) in [5.74, 6) is 0.0991. The summed E-state index contributed by atoms with van der Waals surface area (Å²) in [6.07, 6.45) is 1.45. The van der Waals surface area contributed by atoms with Crippen LogP contribution in [-0.4, -0.2) is 23.3 Å². The average molecular weight is 440 g/mol. The highest BCUT2D eigenvalue weighted by molar-refractivity contribution is 7.13. The second-order valence-corrected chi connectivity index (χ2v) is 8.45. The van der Waals surface area contributed by atoms with Crippen molar-refractivity contribution in [2.75, 3.05) is 16.8 Å².